The summed E-state index contributed by atoms with van der Waals surface area (Å²) in [5.41, 5.74) is 8.10. The Morgan fingerprint density at radius 3 is 2.83 bits per heavy atom. The summed E-state index contributed by atoms with van der Waals surface area (Å²) in [7, 11) is 0. The van der Waals surface area contributed by atoms with E-state index in [1.54, 1.807) is 0 Å². The van der Waals surface area contributed by atoms with Crippen LogP contribution in [0.15, 0.2) is 30.3 Å². The van der Waals surface area contributed by atoms with Crippen molar-refractivity contribution in [1.82, 2.24) is 20.6 Å². The first kappa shape index (κ1) is 13.7. The molecule has 1 aromatic heterocycles. The number of hydrazine groups is 1. The number of benzene rings is 2. The van der Waals surface area contributed by atoms with Gasteiger partial charge in [0.2, 0.25) is 5.82 Å². The summed E-state index contributed by atoms with van der Waals surface area (Å²) >= 11 is 0. The summed E-state index contributed by atoms with van der Waals surface area (Å²) in [6.45, 7) is 0. The van der Waals surface area contributed by atoms with Gasteiger partial charge in [-0.15, -0.1) is 10.2 Å². The molecule has 0 spiro atoms. The van der Waals surface area contributed by atoms with Crippen LogP contribution in [0.2, 0.25) is 0 Å². The van der Waals surface area contributed by atoms with Gasteiger partial charge in [-0.25, -0.2) is 0 Å². The number of aromatic hydroxyl groups is 1. The van der Waals surface area contributed by atoms with Gasteiger partial charge in [-0.1, -0.05) is 18.2 Å². The summed E-state index contributed by atoms with van der Waals surface area (Å²) in [6, 6.07) is 9.74. The average molecular weight is 308 g/mol. The number of nitrogens with zero attached hydrogens (tertiary/aromatic N) is 3. The molecule has 0 fully saturated rings. The standard InChI is InChI=1S/C16H16N6O/c17-18-14-12-6-2-4-10(12)8-13(15(14)23)9-3-1-5-11(7-9)16-19-21-22-20-16/h1,3,5,7-8,18,23H,2,4,6,17H2,(H,19,20,21,22). The zero-order valence-electron chi connectivity index (χ0n) is 12.4. The van der Waals surface area contributed by atoms with Crippen LogP contribution in [0.25, 0.3) is 22.5 Å². The largest absolute Gasteiger partial charge is 0.505 e. The quantitative estimate of drug-likeness (QED) is 0.334. The highest BCUT2D eigenvalue weighted by molar-refractivity contribution is 5.83. The lowest BCUT2D eigenvalue weighted by molar-refractivity contribution is 0.478. The molecule has 0 saturated heterocycles. The molecule has 0 amide bonds. The normalized spacial score (nSPS) is 13.1. The van der Waals surface area contributed by atoms with Crippen molar-refractivity contribution in [2.24, 2.45) is 5.84 Å². The van der Waals surface area contributed by atoms with Gasteiger partial charge in [0, 0.05) is 11.1 Å². The highest BCUT2D eigenvalue weighted by atomic mass is 16.3. The Labute approximate surface area is 132 Å². The summed E-state index contributed by atoms with van der Waals surface area (Å²) in [4.78, 5) is 0. The number of tetrazole rings is 1. The zero-order chi connectivity index (χ0) is 15.8. The Morgan fingerprint density at radius 2 is 2.04 bits per heavy atom. The second kappa shape index (κ2) is 5.36. The van der Waals surface area contributed by atoms with E-state index in [1.165, 1.54) is 5.56 Å². The number of nitrogens with one attached hydrogen (secondary N) is 2. The van der Waals surface area contributed by atoms with E-state index in [0.29, 0.717) is 11.5 Å². The second-order valence-corrected chi connectivity index (χ2v) is 5.60. The molecule has 0 unspecified atom stereocenters. The molecule has 116 valence electrons. The Morgan fingerprint density at radius 1 is 1.17 bits per heavy atom. The third kappa shape index (κ3) is 2.22. The molecule has 2 aromatic carbocycles. The van der Waals surface area contributed by atoms with Gasteiger partial charge < -0.3 is 10.5 Å². The first-order valence-electron chi connectivity index (χ1n) is 7.46. The van der Waals surface area contributed by atoms with Crippen molar-refractivity contribution in [2.75, 3.05) is 5.43 Å². The molecule has 7 nitrogen and oxygen atoms in total. The smallest absolute Gasteiger partial charge is 0.204 e. The number of rotatable bonds is 3. The minimum absolute atomic E-state index is 0.179. The SMILES string of the molecule is NNc1c(O)c(-c2cccc(-c3nn[nH]n3)c2)cc2c1CCC2. The van der Waals surface area contributed by atoms with Crippen LogP contribution in [0.1, 0.15) is 17.5 Å². The molecule has 7 heteroatoms. The molecule has 4 rings (SSSR count). The lowest BCUT2D eigenvalue weighted by atomic mass is 9.96. The van der Waals surface area contributed by atoms with E-state index < -0.39 is 0 Å². The van der Waals surface area contributed by atoms with E-state index in [1.807, 2.05) is 30.3 Å². The number of phenolic OH excluding ortho intramolecular Hbond substituents is 1. The second-order valence-electron chi connectivity index (χ2n) is 5.60. The van der Waals surface area contributed by atoms with E-state index in [0.717, 1.165) is 41.5 Å². The van der Waals surface area contributed by atoms with Gasteiger partial charge in [0.05, 0.1) is 5.69 Å². The first-order chi connectivity index (χ1) is 11.3. The molecule has 1 aliphatic carbocycles. The Kier molecular flexibility index (Phi) is 3.20. The maximum absolute atomic E-state index is 10.6. The number of nitrogens with two attached hydrogens (primary N) is 1. The number of aromatic amines is 1. The fraction of sp³-hybridized carbons (Fsp3) is 0.188. The molecule has 0 bridgehead atoms. The predicted molar refractivity (Wildman–Crippen MR) is 86.5 cm³/mol. The van der Waals surface area contributed by atoms with Crippen molar-refractivity contribution in [3.8, 4) is 28.3 Å². The maximum atomic E-state index is 10.6. The fourth-order valence-corrected chi connectivity index (χ4v) is 3.22. The molecule has 3 aromatic rings. The third-order valence-corrected chi connectivity index (χ3v) is 4.29. The molecule has 0 atom stereocenters. The monoisotopic (exact) mass is 308 g/mol. The molecule has 0 saturated carbocycles. The Bertz CT molecular complexity index is 859. The summed E-state index contributed by atoms with van der Waals surface area (Å²) in [6.07, 6.45) is 3.02. The number of phenols is 1. The predicted octanol–water partition coefficient (Wildman–Crippen LogP) is 2.01. The van der Waals surface area contributed by atoms with Crippen molar-refractivity contribution in [2.45, 2.75) is 19.3 Å². The van der Waals surface area contributed by atoms with Crippen LogP contribution in [0.4, 0.5) is 5.69 Å². The number of nitrogen functional groups attached to an aromatic ring is 1. The number of aromatic nitrogens is 4. The van der Waals surface area contributed by atoms with Gasteiger partial charge in [0.25, 0.3) is 0 Å². The van der Waals surface area contributed by atoms with Gasteiger partial charge in [-0.2, -0.15) is 5.21 Å². The number of hydrogen-bond acceptors (Lipinski definition) is 6. The van der Waals surface area contributed by atoms with Crippen LogP contribution < -0.4 is 11.3 Å². The lowest BCUT2D eigenvalue weighted by Gasteiger charge is -2.15. The van der Waals surface area contributed by atoms with Crippen molar-refractivity contribution < 1.29 is 5.11 Å². The maximum Gasteiger partial charge on any atom is 0.204 e. The van der Waals surface area contributed by atoms with Crippen LogP contribution in [0.5, 0.6) is 5.75 Å². The van der Waals surface area contributed by atoms with E-state index in [9.17, 15) is 5.11 Å². The zero-order valence-corrected chi connectivity index (χ0v) is 12.4. The Hall–Kier alpha value is -2.93. The van der Waals surface area contributed by atoms with Gasteiger partial charge in [-0.3, -0.25) is 5.84 Å². The van der Waals surface area contributed by atoms with E-state index in [2.05, 4.69) is 26.0 Å². The molecular formula is C16H16N6O. The number of hydrogen-bond donors (Lipinski definition) is 4. The molecule has 1 aliphatic rings. The summed E-state index contributed by atoms with van der Waals surface area (Å²) in [5, 5.41) is 24.6. The van der Waals surface area contributed by atoms with Crippen molar-refractivity contribution in [1.29, 1.82) is 0 Å². The minimum Gasteiger partial charge on any atom is -0.505 e. The van der Waals surface area contributed by atoms with Crippen LogP contribution >= 0.6 is 0 Å². The van der Waals surface area contributed by atoms with Crippen molar-refractivity contribution >= 4 is 5.69 Å². The van der Waals surface area contributed by atoms with Crippen molar-refractivity contribution in [3.63, 3.8) is 0 Å². The molecule has 0 radical (unpaired) electrons. The van der Waals surface area contributed by atoms with Crippen LogP contribution in [0.3, 0.4) is 0 Å². The molecule has 23 heavy (non-hydrogen) atoms. The van der Waals surface area contributed by atoms with Crippen LogP contribution in [-0.4, -0.2) is 25.7 Å². The van der Waals surface area contributed by atoms with E-state index >= 15 is 0 Å². The highest BCUT2D eigenvalue weighted by Gasteiger charge is 2.21. The van der Waals surface area contributed by atoms with Gasteiger partial charge in [0.1, 0.15) is 5.75 Å². The topological polar surface area (TPSA) is 113 Å². The average Bonchev–Trinajstić information content (AvgIpc) is 3.26. The summed E-state index contributed by atoms with van der Waals surface area (Å²) < 4.78 is 0. The number of anilines is 1. The van der Waals surface area contributed by atoms with Gasteiger partial charge in [0.15, 0.2) is 0 Å². The Balaban J connectivity index is 1.87. The molecular weight excluding hydrogens is 292 g/mol. The number of aryl methyl sites for hydroxylation is 1. The summed E-state index contributed by atoms with van der Waals surface area (Å²) in [5.74, 6) is 6.33. The van der Waals surface area contributed by atoms with Gasteiger partial charge in [-0.05, 0) is 53.3 Å². The van der Waals surface area contributed by atoms with Crippen LogP contribution in [-0.2, 0) is 12.8 Å². The van der Waals surface area contributed by atoms with E-state index in [-0.39, 0.29) is 5.75 Å². The van der Waals surface area contributed by atoms with Gasteiger partial charge >= 0.3 is 0 Å². The van der Waals surface area contributed by atoms with E-state index in [4.69, 9.17) is 5.84 Å². The minimum atomic E-state index is 0.179. The number of H-pyrrole nitrogens is 1. The fourth-order valence-electron chi connectivity index (χ4n) is 3.22. The number of fused-ring (bicyclic) bond motifs is 1. The van der Waals surface area contributed by atoms with Crippen LogP contribution in [0, 0.1) is 0 Å². The highest BCUT2D eigenvalue weighted by Crippen LogP contribution is 2.43. The molecule has 0 aliphatic heterocycles. The third-order valence-electron chi connectivity index (χ3n) is 4.29. The molecule has 1 heterocycles. The first-order valence-corrected chi connectivity index (χ1v) is 7.46. The molecule has 5 N–H and O–H groups in total. The van der Waals surface area contributed by atoms with Crippen molar-refractivity contribution in [3.05, 3.63) is 41.5 Å². The lowest BCUT2D eigenvalue weighted by Crippen LogP contribution is -2.10.